The van der Waals surface area contributed by atoms with Crippen molar-refractivity contribution in [2.75, 3.05) is 18.5 Å². The van der Waals surface area contributed by atoms with Gasteiger partial charge in [-0.25, -0.2) is 0 Å². The van der Waals surface area contributed by atoms with E-state index in [2.05, 4.69) is 10.4 Å². The monoisotopic (exact) mass is 331 g/mol. The van der Waals surface area contributed by atoms with E-state index in [4.69, 9.17) is 9.47 Å². The maximum atomic E-state index is 12.3. The van der Waals surface area contributed by atoms with Crippen LogP contribution in [0, 0.1) is 13.8 Å². The van der Waals surface area contributed by atoms with Crippen molar-refractivity contribution in [1.82, 2.24) is 9.78 Å². The van der Waals surface area contributed by atoms with Gasteiger partial charge in [-0.3, -0.25) is 9.48 Å². The number of rotatable bonds is 8. The Labute approximate surface area is 142 Å². The van der Waals surface area contributed by atoms with E-state index in [0.717, 1.165) is 11.4 Å². The van der Waals surface area contributed by atoms with Gasteiger partial charge in [-0.15, -0.1) is 0 Å². The Morgan fingerprint density at radius 3 is 2.54 bits per heavy atom. The van der Waals surface area contributed by atoms with Gasteiger partial charge in [0.05, 0.1) is 24.6 Å². The van der Waals surface area contributed by atoms with Gasteiger partial charge >= 0.3 is 0 Å². The fraction of sp³-hybridized carbons (Fsp3) is 0.444. The first-order chi connectivity index (χ1) is 11.5. The van der Waals surface area contributed by atoms with E-state index in [1.807, 2.05) is 50.6 Å². The lowest BCUT2D eigenvalue weighted by Gasteiger charge is -2.13. The summed E-state index contributed by atoms with van der Waals surface area (Å²) in [6.07, 6.45) is 0.340. The minimum absolute atomic E-state index is 0.0860. The van der Waals surface area contributed by atoms with Crippen molar-refractivity contribution in [1.29, 1.82) is 0 Å². The van der Waals surface area contributed by atoms with Gasteiger partial charge < -0.3 is 14.8 Å². The van der Waals surface area contributed by atoms with Crippen LogP contribution in [0.25, 0.3) is 0 Å². The second-order valence-electron chi connectivity index (χ2n) is 5.47. The molecule has 24 heavy (non-hydrogen) atoms. The van der Waals surface area contributed by atoms with Crippen LogP contribution in [0.2, 0.25) is 0 Å². The minimum atomic E-state index is -0.0860. The van der Waals surface area contributed by atoms with Crippen LogP contribution >= 0.6 is 0 Å². The zero-order valence-electron chi connectivity index (χ0n) is 14.8. The molecule has 1 aromatic heterocycles. The number of anilines is 1. The molecular formula is C18H25N3O3. The summed E-state index contributed by atoms with van der Waals surface area (Å²) in [4.78, 5) is 12.3. The largest absolute Gasteiger partial charge is 0.494 e. The molecular weight excluding hydrogens is 306 g/mol. The highest BCUT2D eigenvalue weighted by Crippen LogP contribution is 2.29. The van der Waals surface area contributed by atoms with Crippen LogP contribution in [0.4, 0.5) is 5.69 Å². The first kappa shape index (κ1) is 17.8. The highest BCUT2D eigenvalue weighted by Gasteiger charge is 2.11. The summed E-state index contributed by atoms with van der Waals surface area (Å²) in [6, 6.07) is 7.43. The highest BCUT2D eigenvalue weighted by molar-refractivity contribution is 5.92. The van der Waals surface area contributed by atoms with E-state index in [0.29, 0.717) is 43.4 Å². The van der Waals surface area contributed by atoms with Crippen LogP contribution in [0.5, 0.6) is 11.5 Å². The summed E-state index contributed by atoms with van der Waals surface area (Å²) in [5, 5.41) is 7.27. The van der Waals surface area contributed by atoms with Gasteiger partial charge in [0.2, 0.25) is 5.91 Å². The second kappa shape index (κ2) is 8.38. The van der Waals surface area contributed by atoms with Gasteiger partial charge in [0, 0.05) is 24.7 Å². The molecule has 0 radical (unpaired) electrons. The van der Waals surface area contributed by atoms with Gasteiger partial charge in [0.25, 0.3) is 0 Å². The van der Waals surface area contributed by atoms with Crippen molar-refractivity contribution in [3.63, 3.8) is 0 Å². The minimum Gasteiger partial charge on any atom is -0.494 e. The van der Waals surface area contributed by atoms with Crippen molar-refractivity contribution in [2.45, 2.75) is 40.7 Å². The summed E-state index contributed by atoms with van der Waals surface area (Å²) >= 11 is 0. The Bertz CT molecular complexity index is 695. The van der Waals surface area contributed by atoms with Crippen molar-refractivity contribution in [3.05, 3.63) is 35.7 Å². The SMILES string of the molecule is CCOc1ccc(OCC)c(NC(=O)CCn2nc(C)cc2C)c1. The first-order valence-corrected chi connectivity index (χ1v) is 8.24. The molecule has 2 aromatic rings. The third-order valence-electron chi connectivity index (χ3n) is 3.49. The molecule has 0 bridgehead atoms. The number of nitrogens with zero attached hydrogens (tertiary/aromatic N) is 2. The lowest BCUT2D eigenvalue weighted by molar-refractivity contribution is -0.116. The molecule has 2 rings (SSSR count). The molecule has 0 saturated carbocycles. The maximum absolute atomic E-state index is 12.3. The number of aromatic nitrogens is 2. The van der Waals surface area contributed by atoms with Gasteiger partial charge in [0.15, 0.2) is 0 Å². The highest BCUT2D eigenvalue weighted by atomic mass is 16.5. The maximum Gasteiger partial charge on any atom is 0.226 e. The van der Waals surface area contributed by atoms with Crippen LogP contribution in [-0.2, 0) is 11.3 Å². The van der Waals surface area contributed by atoms with E-state index in [1.165, 1.54) is 0 Å². The molecule has 0 fully saturated rings. The fourth-order valence-corrected chi connectivity index (χ4v) is 2.47. The first-order valence-electron chi connectivity index (χ1n) is 8.24. The average Bonchev–Trinajstić information content (AvgIpc) is 2.86. The normalized spacial score (nSPS) is 10.5. The molecule has 0 aliphatic heterocycles. The Morgan fingerprint density at radius 2 is 1.92 bits per heavy atom. The lowest BCUT2D eigenvalue weighted by atomic mass is 10.2. The predicted octanol–water partition coefficient (Wildman–Crippen LogP) is 3.33. The van der Waals surface area contributed by atoms with Crippen LogP contribution in [0.15, 0.2) is 24.3 Å². The number of carbonyl (C=O) groups is 1. The second-order valence-corrected chi connectivity index (χ2v) is 5.47. The molecule has 1 amide bonds. The summed E-state index contributed by atoms with van der Waals surface area (Å²) in [7, 11) is 0. The molecule has 1 N–H and O–H groups in total. The quantitative estimate of drug-likeness (QED) is 0.806. The third-order valence-corrected chi connectivity index (χ3v) is 3.49. The molecule has 0 atom stereocenters. The number of carbonyl (C=O) groups excluding carboxylic acids is 1. The van der Waals surface area contributed by atoms with Crippen LogP contribution in [0.1, 0.15) is 31.7 Å². The van der Waals surface area contributed by atoms with E-state index in [1.54, 1.807) is 6.07 Å². The zero-order valence-corrected chi connectivity index (χ0v) is 14.8. The average molecular weight is 331 g/mol. The van der Waals surface area contributed by atoms with Crippen molar-refractivity contribution in [3.8, 4) is 11.5 Å². The lowest BCUT2D eigenvalue weighted by Crippen LogP contribution is -2.16. The van der Waals surface area contributed by atoms with Crippen molar-refractivity contribution < 1.29 is 14.3 Å². The molecule has 0 spiro atoms. The van der Waals surface area contributed by atoms with Gasteiger partial charge in [0.1, 0.15) is 11.5 Å². The molecule has 130 valence electrons. The number of amides is 1. The number of hydrogen-bond donors (Lipinski definition) is 1. The molecule has 1 aromatic carbocycles. The number of ether oxygens (including phenoxy) is 2. The van der Waals surface area contributed by atoms with Crippen LogP contribution in [-0.4, -0.2) is 28.9 Å². The smallest absolute Gasteiger partial charge is 0.226 e. The van der Waals surface area contributed by atoms with E-state index >= 15 is 0 Å². The van der Waals surface area contributed by atoms with Gasteiger partial charge in [-0.1, -0.05) is 0 Å². The van der Waals surface area contributed by atoms with Crippen molar-refractivity contribution >= 4 is 11.6 Å². The number of nitrogens with one attached hydrogen (secondary N) is 1. The molecule has 0 aliphatic rings. The van der Waals surface area contributed by atoms with Gasteiger partial charge in [-0.05, 0) is 45.9 Å². The Hall–Kier alpha value is -2.50. The summed E-state index contributed by atoms with van der Waals surface area (Å²) in [6.45, 7) is 9.39. The standard InChI is InChI=1S/C18H25N3O3/c1-5-23-15-7-8-17(24-6-2)16(12-15)19-18(22)9-10-21-14(4)11-13(3)20-21/h7-8,11-12H,5-6,9-10H2,1-4H3,(H,19,22). The fourth-order valence-electron chi connectivity index (χ4n) is 2.47. The van der Waals surface area contributed by atoms with Crippen molar-refractivity contribution in [2.24, 2.45) is 0 Å². The molecule has 6 nitrogen and oxygen atoms in total. The third kappa shape index (κ3) is 4.75. The van der Waals surface area contributed by atoms with E-state index in [-0.39, 0.29) is 5.91 Å². The zero-order chi connectivity index (χ0) is 17.5. The molecule has 0 aliphatic carbocycles. The van der Waals surface area contributed by atoms with Gasteiger partial charge in [-0.2, -0.15) is 5.10 Å². The Balaban J connectivity index is 2.03. The molecule has 0 saturated heterocycles. The number of hydrogen-bond acceptors (Lipinski definition) is 4. The number of benzene rings is 1. The molecule has 6 heteroatoms. The predicted molar refractivity (Wildman–Crippen MR) is 93.7 cm³/mol. The Kier molecular flexibility index (Phi) is 6.23. The summed E-state index contributed by atoms with van der Waals surface area (Å²) in [5.74, 6) is 1.26. The Morgan fingerprint density at radius 1 is 1.17 bits per heavy atom. The van der Waals surface area contributed by atoms with Crippen LogP contribution in [0.3, 0.4) is 0 Å². The molecule has 0 unspecified atom stereocenters. The number of aryl methyl sites for hydroxylation is 3. The van der Waals surface area contributed by atoms with E-state index in [9.17, 15) is 4.79 Å². The molecule has 1 heterocycles. The topological polar surface area (TPSA) is 65.4 Å². The summed E-state index contributed by atoms with van der Waals surface area (Å²) in [5.41, 5.74) is 2.63. The summed E-state index contributed by atoms with van der Waals surface area (Å²) < 4.78 is 12.9. The van der Waals surface area contributed by atoms with Crippen LogP contribution < -0.4 is 14.8 Å². The van der Waals surface area contributed by atoms with E-state index < -0.39 is 0 Å².